The number of rotatable bonds is 7. The van der Waals surface area contributed by atoms with Gasteiger partial charge in [-0.1, -0.05) is 40.6 Å². The minimum Gasteiger partial charge on any atom is -0.482 e. The van der Waals surface area contributed by atoms with Gasteiger partial charge in [-0.25, -0.2) is 8.78 Å². The summed E-state index contributed by atoms with van der Waals surface area (Å²) in [7, 11) is 1.60. The van der Waals surface area contributed by atoms with Gasteiger partial charge in [0.2, 0.25) is 0 Å². The van der Waals surface area contributed by atoms with Gasteiger partial charge in [0.1, 0.15) is 18.1 Å². The van der Waals surface area contributed by atoms with E-state index in [0.717, 1.165) is 11.6 Å². The highest BCUT2D eigenvalue weighted by molar-refractivity contribution is 5.92. The zero-order valence-electron chi connectivity index (χ0n) is 16.4. The van der Waals surface area contributed by atoms with E-state index in [0.29, 0.717) is 17.5 Å². The van der Waals surface area contributed by atoms with Crippen LogP contribution in [0.15, 0.2) is 69.7 Å². The van der Waals surface area contributed by atoms with Crippen LogP contribution in [0.2, 0.25) is 0 Å². The van der Waals surface area contributed by atoms with E-state index in [1.54, 1.807) is 13.1 Å². The van der Waals surface area contributed by atoms with Crippen molar-refractivity contribution < 1.29 is 27.4 Å². The number of carbonyl (C=O) groups excluding carboxylic acids is 1. The molecule has 31 heavy (non-hydrogen) atoms. The van der Waals surface area contributed by atoms with Crippen molar-refractivity contribution in [2.24, 2.45) is 0 Å². The first-order chi connectivity index (χ1) is 15.0. The van der Waals surface area contributed by atoms with E-state index in [4.69, 9.17) is 13.8 Å². The average molecular weight is 425 g/mol. The van der Waals surface area contributed by atoms with Gasteiger partial charge in [-0.3, -0.25) is 4.79 Å². The smallest absolute Gasteiger partial charge is 0.276 e. The molecule has 0 fully saturated rings. The van der Waals surface area contributed by atoms with Crippen LogP contribution in [0.4, 0.5) is 8.78 Å². The molecule has 0 aliphatic carbocycles. The zero-order chi connectivity index (χ0) is 21.8. The quantitative estimate of drug-likeness (QED) is 0.435. The van der Waals surface area contributed by atoms with Crippen LogP contribution in [0.5, 0.6) is 5.75 Å². The number of hydrogen-bond acceptors (Lipinski definition) is 6. The van der Waals surface area contributed by atoms with Crippen LogP contribution in [-0.4, -0.2) is 28.2 Å². The fourth-order valence-corrected chi connectivity index (χ4v) is 2.86. The third-order valence-corrected chi connectivity index (χ3v) is 4.41. The molecule has 158 valence electrons. The summed E-state index contributed by atoms with van der Waals surface area (Å²) in [5.41, 5.74) is 1.52. The van der Waals surface area contributed by atoms with Crippen LogP contribution >= 0.6 is 0 Å². The minimum absolute atomic E-state index is 0.0625. The Balaban J connectivity index is 1.36. The van der Waals surface area contributed by atoms with Crippen molar-refractivity contribution in [3.63, 3.8) is 0 Å². The van der Waals surface area contributed by atoms with Gasteiger partial charge in [-0.05, 0) is 12.1 Å². The molecule has 0 saturated carbocycles. The predicted molar refractivity (Wildman–Crippen MR) is 105 cm³/mol. The van der Waals surface area contributed by atoms with E-state index < -0.39 is 17.5 Å². The van der Waals surface area contributed by atoms with Crippen molar-refractivity contribution in [2.45, 2.75) is 13.2 Å². The number of hydrogen-bond donors (Lipinski definition) is 0. The van der Waals surface area contributed by atoms with E-state index in [-0.39, 0.29) is 30.4 Å². The van der Waals surface area contributed by atoms with Gasteiger partial charge in [-0.15, -0.1) is 0 Å². The molecular weight excluding hydrogens is 408 g/mol. The highest BCUT2D eigenvalue weighted by Crippen LogP contribution is 2.21. The monoisotopic (exact) mass is 425 g/mol. The Hall–Kier alpha value is -4.01. The van der Waals surface area contributed by atoms with E-state index >= 15 is 0 Å². The standard InChI is InChI=1S/C22H17F2N3O4/c1-27(12-16-10-21(31-25-16)14-5-3-2-4-6-14)22(28)19-11-17(30-26-19)13-29-20-8-7-15(23)9-18(20)24/h2-11H,12-13H2,1H3. The summed E-state index contributed by atoms with van der Waals surface area (Å²) in [5.74, 6) is -1.25. The molecule has 4 aromatic rings. The molecule has 7 nitrogen and oxygen atoms in total. The summed E-state index contributed by atoms with van der Waals surface area (Å²) in [4.78, 5) is 14.0. The van der Waals surface area contributed by atoms with Crippen molar-refractivity contribution in [2.75, 3.05) is 7.05 Å². The lowest BCUT2D eigenvalue weighted by atomic mass is 10.1. The molecule has 0 radical (unpaired) electrons. The molecular formula is C22H17F2N3O4. The molecule has 2 heterocycles. The van der Waals surface area contributed by atoms with Crippen LogP contribution < -0.4 is 4.74 Å². The summed E-state index contributed by atoms with van der Waals surface area (Å²) in [5, 5.41) is 7.73. The first kappa shape index (κ1) is 20.3. The third kappa shape index (κ3) is 4.77. The number of amides is 1. The Bertz CT molecular complexity index is 1190. The zero-order valence-corrected chi connectivity index (χ0v) is 16.4. The highest BCUT2D eigenvalue weighted by atomic mass is 19.1. The normalized spacial score (nSPS) is 10.8. The van der Waals surface area contributed by atoms with Crippen molar-refractivity contribution in [1.82, 2.24) is 15.2 Å². The van der Waals surface area contributed by atoms with E-state index in [9.17, 15) is 13.6 Å². The first-order valence-corrected chi connectivity index (χ1v) is 9.29. The van der Waals surface area contributed by atoms with Gasteiger partial charge < -0.3 is 18.7 Å². The summed E-state index contributed by atoms with van der Waals surface area (Å²) in [6, 6.07) is 15.6. The molecule has 0 aliphatic rings. The van der Waals surface area contributed by atoms with E-state index in [1.807, 2.05) is 30.3 Å². The second-order valence-corrected chi connectivity index (χ2v) is 6.75. The predicted octanol–water partition coefficient (Wildman–Crippen LogP) is 4.46. The van der Waals surface area contributed by atoms with Gasteiger partial charge in [0.15, 0.2) is 28.8 Å². The van der Waals surface area contributed by atoms with Crippen LogP contribution in [0.3, 0.4) is 0 Å². The molecule has 4 rings (SSSR count). The number of ether oxygens (including phenoxy) is 1. The summed E-state index contributed by atoms with van der Waals surface area (Å²) in [6.45, 7) is 0.0327. The minimum atomic E-state index is -0.835. The maximum absolute atomic E-state index is 13.6. The molecule has 9 heteroatoms. The molecule has 2 aromatic carbocycles. The second kappa shape index (κ2) is 8.78. The molecule has 2 aromatic heterocycles. The Morgan fingerprint density at radius 2 is 1.84 bits per heavy atom. The Morgan fingerprint density at radius 1 is 1.03 bits per heavy atom. The first-order valence-electron chi connectivity index (χ1n) is 9.29. The maximum Gasteiger partial charge on any atom is 0.276 e. The highest BCUT2D eigenvalue weighted by Gasteiger charge is 2.19. The van der Waals surface area contributed by atoms with Crippen LogP contribution in [-0.2, 0) is 13.2 Å². The largest absolute Gasteiger partial charge is 0.482 e. The lowest BCUT2D eigenvalue weighted by Gasteiger charge is -2.13. The molecule has 0 saturated heterocycles. The van der Waals surface area contributed by atoms with Gasteiger partial charge in [0, 0.05) is 30.8 Å². The molecule has 0 bridgehead atoms. The van der Waals surface area contributed by atoms with Crippen LogP contribution in [0, 0.1) is 11.6 Å². The molecule has 0 N–H and O–H groups in total. The molecule has 0 spiro atoms. The molecule has 0 unspecified atom stereocenters. The lowest BCUT2D eigenvalue weighted by Crippen LogP contribution is -2.26. The van der Waals surface area contributed by atoms with Gasteiger partial charge in [0.05, 0.1) is 6.54 Å². The molecule has 1 amide bonds. The van der Waals surface area contributed by atoms with Crippen molar-refractivity contribution in [3.8, 4) is 17.1 Å². The SMILES string of the molecule is CN(Cc1cc(-c2ccccc2)on1)C(=O)c1cc(COc2ccc(F)cc2F)on1. The number of carbonyl (C=O) groups is 1. The summed E-state index contributed by atoms with van der Waals surface area (Å²) < 4.78 is 42.2. The number of halogens is 2. The van der Waals surface area contributed by atoms with Crippen molar-refractivity contribution in [3.05, 3.63) is 89.4 Å². The second-order valence-electron chi connectivity index (χ2n) is 6.75. The molecule has 0 atom stereocenters. The number of benzene rings is 2. The van der Waals surface area contributed by atoms with Gasteiger partial charge in [-0.2, -0.15) is 0 Å². The van der Waals surface area contributed by atoms with Crippen LogP contribution in [0.1, 0.15) is 21.9 Å². The topological polar surface area (TPSA) is 81.6 Å². The fourth-order valence-electron chi connectivity index (χ4n) is 2.86. The Morgan fingerprint density at radius 3 is 2.61 bits per heavy atom. The van der Waals surface area contributed by atoms with E-state index in [1.165, 1.54) is 17.0 Å². The van der Waals surface area contributed by atoms with E-state index in [2.05, 4.69) is 10.3 Å². The third-order valence-electron chi connectivity index (χ3n) is 4.41. The Labute approximate surface area is 175 Å². The summed E-state index contributed by atoms with van der Waals surface area (Å²) >= 11 is 0. The van der Waals surface area contributed by atoms with Gasteiger partial charge in [0.25, 0.3) is 5.91 Å². The van der Waals surface area contributed by atoms with Crippen molar-refractivity contribution >= 4 is 5.91 Å². The lowest BCUT2D eigenvalue weighted by molar-refractivity contribution is 0.0771. The average Bonchev–Trinajstić information content (AvgIpc) is 3.43. The number of aromatic nitrogens is 2. The maximum atomic E-state index is 13.6. The Kier molecular flexibility index (Phi) is 5.74. The molecule has 0 aliphatic heterocycles. The van der Waals surface area contributed by atoms with Gasteiger partial charge >= 0.3 is 0 Å². The van der Waals surface area contributed by atoms with Crippen molar-refractivity contribution in [1.29, 1.82) is 0 Å². The van der Waals surface area contributed by atoms with Crippen LogP contribution in [0.25, 0.3) is 11.3 Å². The number of nitrogens with zero attached hydrogens (tertiary/aromatic N) is 3. The fraction of sp³-hybridized carbons (Fsp3) is 0.136. The summed E-state index contributed by atoms with van der Waals surface area (Å²) in [6.07, 6.45) is 0.